The molecule has 74 heavy (non-hydrogen) atoms. The Kier molecular flexibility index (Phi) is 14.7. The van der Waals surface area contributed by atoms with E-state index in [4.69, 9.17) is 24.5 Å². The highest BCUT2D eigenvalue weighted by Crippen LogP contribution is 2.65. The molecule has 10 rings (SSSR count). The van der Waals surface area contributed by atoms with Gasteiger partial charge in [-0.15, -0.1) is 0 Å². The number of nitrogens with zero attached hydrogens (tertiary/aromatic N) is 3. The van der Waals surface area contributed by atoms with Crippen molar-refractivity contribution in [2.75, 3.05) is 33.9 Å². The maximum atomic E-state index is 13.6. The first kappa shape index (κ1) is 51.5. The molecule has 14 nitrogen and oxygen atoms in total. The summed E-state index contributed by atoms with van der Waals surface area (Å²) in [6, 6.07) is 29.0. The van der Waals surface area contributed by atoms with Gasteiger partial charge < -0.3 is 39.8 Å². The molecule has 1 spiro atoms. The van der Waals surface area contributed by atoms with Crippen molar-refractivity contribution in [2.45, 2.75) is 108 Å². The fourth-order valence-corrected chi connectivity index (χ4v) is 12.4. The van der Waals surface area contributed by atoms with E-state index in [1.54, 1.807) is 44.6 Å². The molecule has 2 heterocycles. The van der Waals surface area contributed by atoms with Gasteiger partial charge in [0.1, 0.15) is 34.5 Å². The molecule has 5 aromatic carbocycles. The molecular weight excluding hydrogens is 935 g/mol. The number of fused-ring (bicyclic) bond motifs is 7. The number of azide groups is 1. The molecule has 0 aromatic heterocycles. The number of allylic oxidation sites excluding steroid dienone is 1. The van der Waals surface area contributed by atoms with Crippen LogP contribution < -0.4 is 24.8 Å². The van der Waals surface area contributed by atoms with Crippen LogP contribution in [0.15, 0.2) is 114 Å². The zero-order chi connectivity index (χ0) is 52.4. The molecule has 1 fully saturated rings. The summed E-state index contributed by atoms with van der Waals surface area (Å²) in [5.41, 5.74) is 13.7. The standard InChI is InChI=1S/C60H67N5O9/c1-58(2,44(36-16-10-7-11-17-36)18-12-8-15-27-64-65-61)39-30-52(71-5)55(53(31-39)72-6)43-28-38(47-34-48(43)59(47,3)4)35-63-54(68)19-13-9-14-26-62-56(69)37-20-23-42-49(29-37)60(74-57(42)70)45-24-21-40(66)32-50(45)73-51-33-41(67)22-25-46(51)60/h7,10-11,16-17,20-25,28-33,43-44,47-48,66-67H,8-9,12-15,18-19,26-27,34-35H2,1-6H3,(H,62,69)(H,63,68)/t43-,44-,47+,48-/m0/s1. The highest BCUT2D eigenvalue weighted by atomic mass is 16.6. The molecule has 4 atom stereocenters. The number of carbonyl (C=O) groups excluding carboxylic acids is 3. The molecule has 5 aromatic rings. The topological polar surface area (TPSA) is 201 Å². The lowest BCUT2D eigenvalue weighted by molar-refractivity contribution is -0.121. The quantitative estimate of drug-likeness (QED) is 0.0138. The predicted octanol–water partition coefficient (Wildman–Crippen LogP) is 12.4. The summed E-state index contributed by atoms with van der Waals surface area (Å²) in [5.74, 6) is 2.11. The van der Waals surface area contributed by atoms with E-state index >= 15 is 0 Å². The van der Waals surface area contributed by atoms with Gasteiger partial charge in [0.25, 0.3) is 5.91 Å². The summed E-state index contributed by atoms with van der Waals surface area (Å²) >= 11 is 0. The number of benzene rings is 5. The van der Waals surface area contributed by atoms with E-state index in [0.29, 0.717) is 78.5 Å². The SMILES string of the molecule is COc1cc(C(C)(C)[C@@H](CCCCCN=[N+]=[N-])c2ccccc2)cc(OC)c1[C@H]1C=C(CNC(=O)CCCCCNC(=O)c2ccc3c(c2)C2(OC3=O)c3ccc(O)cc3Oc3cc(O)ccc32)[C@H]2C[C@@H]1C2(C)C. The van der Waals surface area contributed by atoms with E-state index in [-0.39, 0.29) is 57.5 Å². The second-order valence-corrected chi connectivity index (χ2v) is 21.4. The predicted molar refractivity (Wildman–Crippen MR) is 282 cm³/mol. The summed E-state index contributed by atoms with van der Waals surface area (Å²) in [6.07, 6.45) is 9.63. The van der Waals surface area contributed by atoms with Crippen LogP contribution in [0.25, 0.3) is 10.4 Å². The van der Waals surface area contributed by atoms with Gasteiger partial charge >= 0.3 is 5.97 Å². The number of nitrogens with one attached hydrogen (secondary N) is 2. The first-order valence-electron chi connectivity index (χ1n) is 25.9. The number of unbranched alkanes of at least 4 members (excludes halogenated alkanes) is 4. The van der Waals surface area contributed by atoms with Gasteiger partial charge in [0.15, 0.2) is 5.60 Å². The molecule has 1 saturated carbocycles. The second-order valence-electron chi connectivity index (χ2n) is 21.4. The second kappa shape index (κ2) is 21.2. The summed E-state index contributed by atoms with van der Waals surface area (Å²) in [5, 5.41) is 30.5. The third kappa shape index (κ3) is 9.63. The van der Waals surface area contributed by atoms with Crippen molar-refractivity contribution in [1.29, 1.82) is 0 Å². The molecule has 5 aliphatic rings. The molecule has 2 bridgehead atoms. The number of hydrogen-bond acceptors (Lipinski definition) is 10. The lowest BCUT2D eigenvalue weighted by Crippen LogP contribution is -2.52. The fourth-order valence-electron chi connectivity index (χ4n) is 12.4. The average Bonchev–Trinajstić information content (AvgIpc) is 3.69. The lowest BCUT2D eigenvalue weighted by Gasteiger charge is -2.59. The van der Waals surface area contributed by atoms with Crippen molar-refractivity contribution in [3.63, 3.8) is 0 Å². The number of phenols is 2. The average molecular weight is 1000 g/mol. The largest absolute Gasteiger partial charge is 0.508 e. The number of carbonyl (C=O) groups is 3. The number of rotatable bonds is 21. The Morgan fingerprint density at radius 3 is 2.16 bits per heavy atom. The van der Waals surface area contributed by atoms with E-state index < -0.39 is 11.6 Å². The molecule has 0 saturated heterocycles. The van der Waals surface area contributed by atoms with Gasteiger partial charge in [-0.1, -0.05) is 94.1 Å². The maximum Gasteiger partial charge on any atom is 0.340 e. The monoisotopic (exact) mass is 1000 g/mol. The number of aromatic hydroxyl groups is 2. The van der Waals surface area contributed by atoms with Crippen LogP contribution in [-0.2, 0) is 20.5 Å². The van der Waals surface area contributed by atoms with Crippen molar-refractivity contribution in [2.24, 2.45) is 22.4 Å². The fraction of sp³-hybridized carbons (Fsp3) is 0.417. The van der Waals surface area contributed by atoms with E-state index in [1.165, 1.54) is 35.4 Å². The number of ether oxygens (including phenoxy) is 4. The summed E-state index contributed by atoms with van der Waals surface area (Å²) in [4.78, 5) is 43.2. The minimum Gasteiger partial charge on any atom is -0.508 e. The van der Waals surface area contributed by atoms with Crippen LogP contribution in [0.5, 0.6) is 34.5 Å². The molecular formula is C60H67N5O9. The number of methoxy groups -OCH3 is 2. The van der Waals surface area contributed by atoms with Crippen LogP contribution in [0.3, 0.4) is 0 Å². The van der Waals surface area contributed by atoms with Crippen LogP contribution in [0.1, 0.15) is 151 Å². The number of hydrogen-bond donors (Lipinski definition) is 4. The van der Waals surface area contributed by atoms with Gasteiger partial charge in [0, 0.05) is 76.8 Å². The zero-order valence-corrected chi connectivity index (χ0v) is 43.2. The minimum atomic E-state index is -1.48. The van der Waals surface area contributed by atoms with Crippen molar-refractivity contribution in [3.8, 4) is 34.5 Å². The molecule has 2 aliphatic heterocycles. The molecule has 3 aliphatic carbocycles. The summed E-state index contributed by atoms with van der Waals surface area (Å²) in [7, 11) is 3.48. The molecule has 4 N–H and O–H groups in total. The summed E-state index contributed by atoms with van der Waals surface area (Å²) in [6.45, 7) is 10.7. The van der Waals surface area contributed by atoms with E-state index in [0.717, 1.165) is 61.2 Å². The van der Waals surface area contributed by atoms with Crippen molar-refractivity contribution in [3.05, 3.63) is 164 Å². The van der Waals surface area contributed by atoms with Crippen LogP contribution in [0.4, 0.5) is 0 Å². The third-order valence-corrected chi connectivity index (χ3v) is 16.5. The smallest absolute Gasteiger partial charge is 0.340 e. The Bertz CT molecular complexity index is 2960. The highest BCUT2D eigenvalue weighted by Gasteiger charge is 2.57. The highest BCUT2D eigenvalue weighted by molar-refractivity contribution is 6.00. The van der Waals surface area contributed by atoms with Crippen molar-refractivity contribution < 1.29 is 43.5 Å². The van der Waals surface area contributed by atoms with E-state index in [9.17, 15) is 24.6 Å². The number of phenolic OH excluding ortho intramolecular Hbond substituents is 2. The van der Waals surface area contributed by atoms with Gasteiger partial charge in [-0.3, -0.25) is 9.59 Å². The number of esters is 1. The van der Waals surface area contributed by atoms with Crippen LogP contribution in [0, 0.1) is 17.3 Å². The van der Waals surface area contributed by atoms with Crippen molar-refractivity contribution >= 4 is 17.8 Å². The van der Waals surface area contributed by atoms with Gasteiger partial charge in [0.05, 0.1) is 19.8 Å². The van der Waals surface area contributed by atoms with E-state index in [2.05, 4.69) is 96.9 Å². The van der Waals surface area contributed by atoms with Gasteiger partial charge in [-0.05, 0) is 132 Å². The minimum absolute atomic E-state index is 0.0124. The Morgan fingerprint density at radius 1 is 0.838 bits per heavy atom. The molecule has 0 unspecified atom stereocenters. The lowest BCUT2D eigenvalue weighted by atomic mass is 9.45. The van der Waals surface area contributed by atoms with Crippen LogP contribution in [0.2, 0.25) is 0 Å². The molecule has 386 valence electrons. The van der Waals surface area contributed by atoms with Gasteiger partial charge in [-0.2, -0.15) is 0 Å². The number of amides is 2. The van der Waals surface area contributed by atoms with Crippen molar-refractivity contribution in [1.82, 2.24) is 10.6 Å². The summed E-state index contributed by atoms with van der Waals surface area (Å²) < 4.78 is 24.7. The Balaban J connectivity index is 0.816. The van der Waals surface area contributed by atoms with Gasteiger partial charge in [-0.25, -0.2) is 4.79 Å². The van der Waals surface area contributed by atoms with Crippen LogP contribution in [-0.4, -0.2) is 61.9 Å². The first-order chi connectivity index (χ1) is 35.6. The van der Waals surface area contributed by atoms with Gasteiger partial charge in [0.2, 0.25) is 5.91 Å². The Hall–Kier alpha value is -7.44. The first-order valence-corrected chi connectivity index (χ1v) is 25.9. The molecule has 14 heteroatoms. The molecule has 2 amide bonds. The Morgan fingerprint density at radius 2 is 1.51 bits per heavy atom. The van der Waals surface area contributed by atoms with Crippen LogP contribution >= 0.6 is 0 Å². The normalized spacial score (nSPS) is 18.7. The third-order valence-electron chi connectivity index (χ3n) is 16.5. The molecule has 0 radical (unpaired) electrons. The van der Waals surface area contributed by atoms with E-state index in [1.807, 2.05) is 0 Å². The Labute approximate surface area is 433 Å². The zero-order valence-electron chi connectivity index (χ0n) is 43.2. The maximum absolute atomic E-state index is 13.6.